The van der Waals surface area contributed by atoms with Gasteiger partial charge >= 0.3 is 0 Å². The first-order valence-electron chi connectivity index (χ1n) is 6.22. The van der Waals surface area contributed by atoms with Crippen LogP contribution in [0, 0.1) is 9.39 Å². The van der Waals surface area contributed by atoms with Crippen molar-refractivity contribution in [1.82, 2.24) is 9.97 Å². The van der Waals surface area contributed by atoms with E-state index in [2.05, 4.69) is 44.8 Å². The summed E-state index contributed by atoms with van der Waals surface area (Å²) in [5, 5.41) is 3.24. The maximum atomic E-state index is 13.0. The summed E-state index contributed by atoms with van der Waals surface area (Å²) >= 11 is 2.26. The van der Waals surface area contributed by atoms with E-state index >= 15 is 0 Å². The first-order valence-corrected chi connectivity index (χ1v) is 7.29. The Hall–Kier alpha value is -1.24. The van der Waals surface area contributed by atoms with Crippen LogP contribution in [0.5, 0.6) is 0 Å². The molecule has 1 aromatic carbocycles. The Bertz CT molecular complexity index is 570. The number of nitrogens with one attached hydrogen (secondary N) is 1. The Morgan fingerprint density at radius 1 is 1.16 bits per heavy atom. The number of nitrogens with zero attached hydrogens (tertiary/aromatic N) is 2. The third kappa shape index (κ3) is 3.20. The highest BCUT2D eigenvalue weighted by Gasteiger charge is 2.11. The summed E-state index contributed by atoms with van der Waals surface area (Å²) < 4.78 is 14.0. The molecule has 1 N–H and O–H groups in total. The zero-order valence-corrected chi connectivity index (χ0v) is 13.0. The first-order chi connectivity index (χ1) is 9.15. The van der Waals surface area contributed by atoms with Gasteiger partial charge in [0.1, 0.15) is 11.6 Å². The quantitative estimate of drug-likeness (QED) is 0.829. The molecule has 19 heavy (non-hydrogen) atoms. The fourth-order valence-electron chi connectivity index (χ4n) is 1.74. The van der Waals surface area contributed by atoms with E-state index in [-0.39, 0.29) is 5.82 Å². The summed E-state index contributed by atoms with van der Waals surface area (Å²) in [5.74, 6) is 1.22. The molecule has 1 heterocycles. The predicted molar refractivity (Wildman–Crippen MR) is 83.7 cm³/mol. The number of halogens is 2. The summed E-state index contributed by atoms with van der Waals surface area (Å²) in [5.41, 5.74) is 1.83. The van der Waals surface area contributed by atoms with Gasteiger partial charge in [0, 0.05) is 12.1 Å². The molecule has 0 radical (unpaired) electrons. The van der Waals surface area contributed by atoms with Crippen molar-refractivity contribution in [3.63, 3.8) is 0 Å². The number of anilines is 1. The van der Waals surface area contributed by atoms with Crippen molar-refractivity contribution in [2.24, 2.45) is 0 Å². The highest BCUT2D eigenvalue weighted by Crippen LogP contribution is 2.24. The normalized spacial score (nSPS) is 10.5. The van der Waals surface area contributed by atoms with Gasteiger partial charge in [0.2, 0.25) is 0 Å². The largest absolute Gasteiger partial charge is 0.369 e. The molecule has 100 valence electrons. The number of aromatic nitrogens is 2. The second-order valence-corrected chi connectivity index (χ2v) is 5.13. The SMILES string of the molecule is CCNc1nc(-c2ccc(F)cc2)nc(CC)c1I. The molecule has 0 saturated carbocycles. The van der Waals surface area contributed by atoms with Gasteiger partial charge in [-0.2, -0.15) is 0 Å². The fraction of sp³-hybridized carbons (Fsp3) is 0.286. The Labute approximate surface area is 125 Å². The zero-order chi connectivity index (χ0) is 13.8. The second kappa shape index (κ2) is 6.27. The molecule has 2 aromatic rings. The summed E-state index contributed by atoms with van der Waals surface area (Å²) in [6.07, 6.45) is 0.841. The van der Waals surface area contributed by atoms with E-state index in [0.29, 0.717) is 5.82 Å². The number of hydrogen-bond acceptors (Lipinski definition) is 3. The van der Waals surface area contributed by atoms with E-state index in [4.69, 9.17) is 0 Å². The van der Waals surface area contributed by atoms with Crippen LogP contribution in [0.25, 0.3) is 11.4 Å². The van der Waals surface area contributed by atoms with E-state index < -0.39 is 0 Å². The Balaban J connectivity index is 2.51. The molecule has 5 heteroatoms. The van der Waals surface area contributed by atoms with Crippen molar-refractivity contribution in [2.75, 3.05) is 11.9 Å². The highest BCUT2D eigenvalue weighted by molar-refractivity contribution is 14.1. The topological polar surface area (TPSA) is 37.8 Å². The van der Waals surface area contributed by atoms with Crippen molar-refractivity contribution in [1.29, 1.82) is 0 Å². The molecule has 0 bridgehead atoms. The molecule has 3 nitrogen and oxygen atoms in total. The lowest BCUT2D eigenvalue weighted by atomic mass is 10.2. The number of benzene rings is 1. The van der Waals surface area contributed by atoms with E-state index in [1.165, 1.54) is 12.1 Å². The molecule has 0 aliphatic rings. The maximum Gasteiger partial charge on any atom is 0.161 e. The van der Waals surface area contributed by atoms with Gasteiger partial charge in [-0.1, -0.05) is 6.92 Å². The summed E-state index contributed by atoms with van der Waals surface area (Å²) in [7, 11) is 0. The third-order valence-electron chi connectivity index (χ3n) is 2.70. The average Bonchev–Trinajstić information content (AvgIpc) is 2.42. The standard InChI is InChI=1S/C14H15FIN3/c1-3-11-12(16)14(17-4-2)19-13(18-11)9-5-7-10(15)8-6-9/h5-8H,3-4H2,1-2H3,(H,17,18,19). The second-order valence-electron chi connectivity index (χ2n) is 4.05. The molecular weight excluding hydrogens is 356 g/mol. The van der Waals surface area contributed by atoms with Crippen molar-refractivity contribution in [3.05, 3.63) is 39.3 Å². The highest BCUT2D eigenvalue weighted by atomic mass is 127. The summed E-state index contributed by atoms with van der Waals surface area (Å²) in [6, 6.07) is 6.25. The van der Waals surface area contributed by atoms with Gasteiger partial charge in [0.05, 0.1) is 9.26 Å². The minimum Gasteiger partial charge on any atom is -0.369 e. The molecule has 2 rings (SSSR count). The van der Waals surface area contributed by atoms with Crippen LogP contribution in [0.1, 0.15) is 19.5 Å². The van der Waals surface area contributed by atoms with E-state index in [0.717, 1.165) is 33.6 Å². The Morgan fingerprint density at radius 3 is 2.42 bits per heavy atom. The van der Waals surface area contributed by atoms with Crippen molar-refractivity contribution >= 4 is 28.4 Å². The molecule has 1 aromatic heterocycles. The zero-order valence-electron chi connectivity index (χ0n) is 10.9. The molecule has 0 spiro atoms. The molecular formula is C14H15FIN3. The van der Waals surface area contributed by atoms with Crippen LogP contribution in [0.15, 0.2) is 24.3 Å². The van der Waals surface area contributed by atoms with Gasteiger partial charge < -0.3 is 5.32 Å². The first kappa shape index (κ1) is 14.2. The van der Waals surface area contributed by atoms with E-state index in [1.54, 1.807) is 12.1 Å². The molecule has 0 aliphatic carbocycles. The van der Waals surface area contributed by atoms with E-state index in [9.17, 15) is 4.39 Å². The van der Waals surface area contributed by atoms with Crippen molar-refractivity contribution < 1.29 is 4.39 Å². The van der Waals surface area contributed by atoms with Gasteiger partial charge in [-0.3, -0.25) is 0 Å². The van der Waals surface area contributed by atoms with Crippen LogP contribution >= 0.6 is 22.6 Å². The minimum absolute atomic E-state index is 0.253. The molecule has 0 saturated heterocycles. The summed E-state index contributed by atoms with van der Waals surface area (Å²) in [4.78, 5) is 9.07. The number of rotatable bonds is 4. The lowest BCUT2D eigenvalue weighted by Gasteiger charge is -2.11. The molecule has 0 aliphatic heterocycles. The Kier molecular flexibility index (Phi) is 4.68. The van der Waals surface area contributed by atoms with Crippen LogP contribution in [-0.2, 0) is 6.42 Å². The van der Waals surface area contributed by atoms with Crippen LogP contribution in [0.4, 0.5) is 10.2 Å². The van der Waals surface area contributed by atoms with Gasteiger partial charge in [-0.25, -0.2) is 14.4 Å². The molecule has 0 unspecified atom stereocenters. The molecule has 0 fully saturated rings. The van der Waals surface area contributed by atoms with Crippen molar-refractivity contribution in [2.45, 2.75) is 20.3 Å². The predicted octanol–water partition coefficient (Wildman–Crippen LogP) is 3.88. The smallest absolute Gasteiger partial charge is 0.161 e. The Morgan fingerprint density at radius 2 is 1.84 bits per heavy atom. The lowest BCUT2D eigenvalue weighted by molar-refractivity contribution is 0.628. The van der Waals surface area contributed by atoms with Crippen LogP contribution < -0.4 is 5.32 Å². The molecule has 0 atom stereocenters. The van der Waals surface area contributed by atoms with Gasteiger partial charge in [-0.15, -0.1) is 0 Å². The summed E-state index contributed by atoms with van der Waals surface area (Å²) in [6.45, 7) is 4.90. The van der Waals surface area contributed by atoms with Crippen LogP contribution in [-0.4, -0.2) is 16.5 Å². The lowest BCUT2D eigenvalue weighted by Crippen LogP contribution is -2.07. The number of aryl methyl sites for hydroxylation is 1. The van der Waals surface area contributed by atoms with Crippen molar-refractivity contribution in [3.8, 4) is 11.4 Å². The third-order valence-corrected chi connectivity index (χ3v) is 3.83. The van der Waals surface area contributed by atoms with Crippen LogP contribution in [0.2, 0.25) is 0 Å². The van der Waals surface area contributed by atoms with Crippen LogP contribution in [0.3, 0.4) is 0 Å². The van der Waals surface area contributed by atoms with Gasteiger partial charge in [0.25, 0.3) is 0 Å². The van der Waals surface area contributed by atoms with Gasteiger partial charge in [-0.05, 0) is 60.2 Å². The average molecular weight is 371 g/mol. The fourth-order valence-corrected chi connectivity index (χ4v) is 2.55. The monoisotopic (exact) mass is 371 g/mol. The molecule has 0 amide bonds. The van der Waals surface area contributed by atoms with E-state index in [1.807, 2.05) is 6.92 Å². The number of hydrogen-bond donors (Lipinski definition) is 1. The maximum absolute atomic E-state index is 13.0. The minimum atomic E-state index is -0.253. The van der Waals surface area contributed by atoms with Gasteiger partial charge in [0.15, 0.2) is 5.82 Å².